The first-order chi connectivity index (χ1) is 13.2. The topological polar surface area (TPSA) is 66.5 Å². The van der Waals surface area contributed by atoms with Crippen molar-refractivity contribution in [2.24, 2.45) is 5.92 Å². The average molecular weight is 368 g/mol. The Morgan fingerprint density at radius 2 is 2.22 bits per heavy atom. The van der Waals surface area contributed by atoms with E-state index in [0.29, 0.717) is 12.5 Å². The van der Waals surface area contributed by atoms with E-state index in [-0.39, 0.29) is 11.9 Å². The molecule has 2 heterocycles. The Bertz CT molecular complexity index is 738. The van der Waals surface area contributed by atoms with Crippen LogP contribution in [0, 0.1) is 5.92 Å². The molecular weight excluding hydrogens is 340 g/mol. The van der Waals surface area contributed by atoms with Crippen LogP contribution in [0.1, 0.15) is 18.9 Å². The third-order valence-electron chi connectivity index (χ3n) is 5.08. The summed E-state index contributed by atoms with van der Waals surface area (Å²) in [6.07, 6.45) is 2.88. The second kappa shape index (κ2) is 9.37. The molecule has 27 heavy (non-hydrogen) atoms. The number of benzene rings is 1. The van der Waals surface area contributed by atoms with Crippen LogP contribution >= 0.6 is 0 Å². The number of aromatic nitrogens is 1. The number of carbonyl (C=O) groups excluding carboxylic acids is 1. The first-order valence-corrected chi connectivity index (χ1v) is 9.45. The standard InChI is InChI=1S/C21H28N4O2/c1-16(21(26)24-13-17-6-5-7-19(12-17)27-2)25-11-9-18(15-25)14-23-20-8-3-4-10-22-20/h3-8,10,12,16,18H,9,11,13-15H2,1-2H3,(H,22,23)(H,24,26). The highest BCUT2D eigenvalue weighted by Gasteiger charge is 2.29. The van der Waals surface area contributed by atoms with Crippen molar-refractivity contribution in [3.8, 4) is 5.75 Å². The maximum atomic E-state index is 12.5. The number of nitrogens with one attached hydrogen (secondary N) is 2. The Morgan fingerprint density at radius 1 is 1.33 bits per heavy atom. The Balaban J connectivity index is 1.43. The van der Waals surface area contributed by atoms with Crippen molar-refractivity contribution in [1.29, 1.82) is 0 Å². The van der Waals surface area contributed by atoms with E-state index in [1.165, 1.54) is 0 Å². The SMILES string of the molecule is COc1cccc(CNC(=O)C(C)N2CCC(CNc3ccccn3)C2)c1. The van der Waals surface area contributed by atoms with Crippen LogP contribution in [0.2, 0.25) is 0 Å². The van der Waals surface area contributed by atoms with Crippen LogP contribution < -0.4 is 15.4 Å². The summed E-state index contributed by atoms with van der Waals surface area (Å²) in [5.41, 5.74) is 1.04. The quantitative estimate of drug-likeness (QED) is 0.750. The van der Waals surface area contributed by atoms with Crippen LogP contribution in [0.15, 0.2) is 48.7 Å². The Kier molecular flexibility index (Phi) is 6.65. The van der Waals surface area contributed by atoms with Crippen molar-refractivity contribution < 1.29 is 9.53 Å². The van der Waals surface area contributed by atoms with E-state index in [4.69, 9.17) is 4.74 Å². The van der Waals surface area contributed by atoms with Crippen LogP contribution in [0.3, 0.4) is 0 Å². The lowest BCUT2D eigenvalue weighted by molar-refractivity contribution is -0.125. The number of pyridine rings is 1. The van der Waals surface area contributed by atoms with Crippen molar-refractivity contribution in [1.82, 2.24) is 15.2 Å². The molecule has 3 rings (SSSR count). The summed E-state index contributed by atoms with van der Waals surface area (Å²) in [4.78, 5) is 19.1. The van der Waals surface area contributed by atoms with Gasteiger partial charge in [0.1, 0.15) is 11.6 Å². The minimum atomic E-state index is -0.129. The molecule has 1 aromatic heterocycles. The monoisotopic (exact) mass is 368 g/mol. The lowest BCUT2D eigenvalue weighted by atomic mass is 10.1. The van der Waals surface area contributed by atoms with Gasteiger partial charge in [-0.15, -0.1) is 0 Å². The molecule has 1 fully saturated rings. The molecule has 6 heteroatoms. The van der Waals surface area contributed by atoms with E-state index in [2.05, 4.69) is 20.5 Å². The van der Waals surface area contributed by atoms with E-state index in [0.717, 1.165) is 43.2 Å². The number of amides is 1. The number of hydrogen-bond donors (Lipinski definition) is 2. The van der Waals surface area contributed by atoms with Crippen molar-refractivity contribution in [3.63, 3.8) is 0 Å². The summed E-state index contributed by atoms with van der Waals surface area (Å²) in [6, 6.07) is 13.5. The third-order valence-corrected chi connectivity index (χ3v) is 5.08. The zero-order valence-corrected chi connectivity index (χ0v) is 16.0. The number of ether oxygens (including phenoxy) is 1. The minimum Gasteiger partial charge on any atom is -0.497 e. The lowest BCUT2D eigenvalue weighted by Gasteiger charge is -2.23. The van der Waals surface area contributed by atoms with Gasteiger partial charge in [-0.1, -0.05) is 18.2 Å². The number of likely N-dealkylation sites (tertiary alicyclic amines) is 1. The normalized spacial score (nSPS) is 18.1. The summed E-state index contributed by atoms with van der Waals surface area (Å²) < 4.78 is 5.23. The predicted molar refractivity (Wildman–Crippen MR) is 107 cm³/mol. The molecule has 2 unspecified atom stereocenters. The molecule has 2 N–H and O–H groups in total. The first-order valence-electron chi connectivity index (χ1n) is 9.45. The number of carbonyl (C=O) groups is 1. The van der Waals surface area contributed by atoms with E-state index in [1.807, 2.05) is 49.4 Å². The van der Waals surface area contributed by atoms with Gasteiger partial charge in [-0.3, -0.25) is 9.69 Å². The van der Waals surface area contributed by atoms with Gasteiger partial charge in [0, 0.05) is 25.8 Å². The zero-order chi connectivity index (χ0) is 19.1. The molecule has 0 saturated carbocycles. The molecule has 2 aromatic rings. The van der Waals surface area contributed by atoms with Crippen LogP contribution in [0.4, 0.5) is 5.82 Å². The van der Waals surface area contributed by atoms with Gasteiger partial charge >= 0.3 is 0 Å². The molecule has 1 amide bonds. The number of nitrogens with zero attached hydrogens (tertiary/aromatic N) is 2. The molecule has 144 valence electrons. The Labute approximate surface area is 160 Å². The third kappa shape index (κ3) is 5.44. The Morgan fingerprint density at radius 3 is 3.00 bits per heavy atom. The molecular formula is C21H28N4O2. The maximum absolute atomic E-state index is 12.5. The van der Waals surface area contributed by atoms with Crippen molar-refractivity contribution >= 4 is 11.7 Å². The number of anilines is 1. The summed E-state index contributed by atoms with van der Waals surface area (Å²) in [6.45, 7) is 5.25. The van der Waals surface area contributed by atoms with Crippen molar-refractivity contribution in [3.05, 3.63) is 54.2 Å². The van der Waals surface area contributed by atoms with Gasteiger partial charge in [-0.05, 0) is 55.6 Å². The number of methoxy groups -OCH3 is 1. The molecule has 0 spiro atoms. The summed E-state index contributed by atoms with van der Waals surface area (Å²) in [5, 5.41) is 6.42. The van der Waals surface area contributed by atoms with Gasteiger partial charge < -0.3 is 15.4 Å². The smallest absolute Gasteiger partial charge is 0.237 e. The summed E-state index contributed by atoms with van der Waals surface area (Å²) in [7, 11) is 1.65. The van der Waals surface area contributed by atoms with E-state index in [1.54, 1.807) is 13.3 Å². The molecule has 1 aromatic carbocycles. The molecule has 6 nitrogen and oxygen atoms in total. The van der Waals surface area contributed by atoms with E-state index >= 15 is 0 Å². The minimum absolute atomic E-state index is 0.0659. The highest BCUT2D eigenvalue weighted by Crippen LogP contribution is 2.19. The first kappa shape index (κ1) is 19.2. The van der Waals surface area contributed by atoms with Gasteiger partial charge in [0.2, 0.25) is 5.91 Å². The molecule has 1 saturated heterocycles. The fraction of sp³-hybridized carbons (Fsp3) is 0.429. The lowest BCUT2D eigenvalue weighted by Crippen LogP contribution is -2.44. The van der Waals surface area contributed by atoms with Crippen LogP contribution in [0.25, 0.3) is 0 Å². The van der Waals surface area contributed by atoms with E-state index in [9.17, 15) is 4.79 Å². The fourth-order valence-electron chi connectivity index (χ4n) is 3.38. The average Bonchev–Trinajstić information content (AvgIpc) is 3.20. The fourth-order valence-corrected chi connectivity index (χ4v) is 3.38. The van der Waals surface area contributed by atoms with Crippen molar-refractivity contribution in [2.75, 3.05) is 32.1 Å². The highest BCUT2D eigenvalue weighted by atomic mass is 16.5. The number of rotatable bonds is 8. The number of hydrogen-bond acceptors (Lipinski definition) is 5. The second-order valence-corrected chi connectivity index (χ2v) is 6.99. The van der Waals surface area contributed by atoms with Gasteiger partial charge in [0.25, 0.3) is 0 Å². The van der Waals surface area contributed by atoms with Crippen LogP contribution in [-0.2, 0) is 11.3 Å². The van der Waals surface area contributed by atoms with Crippen molar-refractivity contribution in [2.45, 2.75) is 25.9 Å². The summed E-state index contributed by atoms with van der Waals surface area (Å²) in [5.74, 6) is 2.30. The molecule has 2 atom stereocenters. The largest absolute Gasteiger partial charge is 0.497 e. The molecule has 0 radical (unpaired) electrons. The highest BCUT2D eigenvalue weighted by molar-refractivity contribution is 5.81. The van der Waals surface area contributed by atoms with Gasteiger partial charge in [-0.25, -0.2) is 4.98 Å². The van der Waals surface area contributed by atoms with Gasteiger partial charge in [0.05, 0.1) is 13.2 Å². The second-order valence-electron chi connectivity index (χ2n) is 6.99. The molecule has 0 aliphatic carbocycles. The van der Waals surface area contributed by atoms with Crippen LogP contribution in [-0.4, -0.2) is 48.6 Å². The van der Waals surface area contributed by atoms with Gasteiger partial charge in [0.15, 0.2) is 0 Å². The van der Waals surface area contributed by atoms with E-state index < -0.39 is 0 Å². The maximum Gasteiger partial charge on any atom is 0.237 e. The predicted octanol–water partition coefficient (Wildman–Crippen LogP) is 2.53. The van der Waals surface area contributed by atoms with Gasteiger partial charge in [-0.2, -0.15) is 0 Å². The molecule has 0 bridgehead atoms. The molecule has 1 aliphatic rings. The Hall–Kier alpha value is -2.60. The zero-order valence-electron chi connectivity index (χ0n) is 16.0. The van der Waals surface area contributed by atoms with Crippen LogP contribution in [0.5, 0.6) is 5.75 Å². The molecule has 1 aliphatic heterocycles. The summed E-state index contributed by atoms with van der Waals surface area (Å²) >= 11 is 0.